The van der Waals surface area contributed by atoms with Crippen molar-refractivity contribution < 1.29 is 24.8 Å². The minimum atomic E-state index is 0. The summed E-state index contributed by atoms with van der Waals surface area (Å²) in [5, 5.41) is 0. The van der Waals surface area contributed by atoms with E-state index < -0.39 is 0 Å². The molecule has 0 fully saturated rings. The Morgan fingerprint density at radius 1 is 1.33 bits per heavy atom. The van der Waals surface area contributed by atoms with Crippen LogP contribution in [0, 0.1) is 0 Å². The van der Waals surface area contributed by atoms with Crippen LogP contribution in [-0.4, -0.2) is 23.1 Å². The fraction of sp³-hybridized carbons (Fsp3) is 0.667. The molecule has 0 saturated heterocycles. The number of hydrogen-bond donors (Lipinski definition) is 0. The zero-order valence-electron chi connectivity index (χ0n) is 5.87. The quantitative estimate of drug-likeness (QED) is 0.235. The van der Waals surface area contributed by atoms with E-state index in [1.165, 1.54) is 19.3 Å². The van der Waals surface area contributed by atoms with Gasteiger partial charge in [-0.1, -0.05) is 25.8 Å². The minimum Gasteiger partial charge on any atom is -1.00 e. The molecule has 0 saturated carbocycles. The Kier molecular flexibility index (Phi) is 57.4. The van der Waals surface area contributed by atoms with Gasteiger partial charge in [0, 0.05) is 0 Å². The Labute approximate surface area is 86.5 Å². The van der Waals surface area contributed by atoms with Crippen molar-refractivity contribution in [3.8, 4) is 0 Å². The first-order valence-electron chi connectivity index (χ1n) is 2.52. The van der Waals surface area contributed by atoms with E-state index in [9.17, 15) is 0 Å². The van der Waals surface area contributed by atoms with Gasteiger partial charge in [-0.25, -0.2) is 0 Å². The first-order valence-corrected chi connectivity index (χ1v) is 2.52. The van der Waals surface area contributed by atoms with Crippen LogP contribution in [-0.2, 0) is 0 Å². The second-order valence-electron chi connectivity index (χ2n) is 1.43. The molecule has 52 valence electrons. The van der Waals surface area contributed by atoms with Crippen molar-refractivity contribution >= 4 is 23.1 Å². The van der Waals surface area contributed by atoms with Crippen molar-refractivity contribution in [1.82, 2.24) is 0 Å². The monoisotopic (exact) mass is 178 g/mol. The summed E-state index contributed by atoms with van der Waals surface area (Å²) in [6, 6.07) is 0. The maximum Gasteiger partial charge on any atom is 2.00 e. The molecule has 0 bridgehead atoms. The van der Waals surface area contributed by atoms with Crippen LogP contribution in [0.4, 0.5) is 0 Å². The number of unbranched alkanes of at least 4 members (excludes halogenated alkanes) is 2. The molecule has 0 rings (SSSR count). The van der Waals surface area contributed by atoms with Crippen LogP contribution in [0.2, 0.25) is 0 Å². The van der Waals surface area contributed by atoms with Gasteiger partial charge in [0.05, 0.1) is 0 Å². The first-order chi connectivity index (χ1) is 2.91. The molecule has 0 aromatic rings. The summed E-state index contributed by atoms with van der Waals surface area (Å²) >= 11 is 0. The van der Waals surface area contributed by atoms with E-state index in [1.54, 1.807) is 0 Å². The molecule has 0 N–H and O–H groups in total. The van der Waals surface area contributed by atoms with Gasteiger partial charge in [0.15, 0.2) is 0 Å². The van der Waals surface area contributed by atoms with Crippen LogP contribution in [0.1, 0.15) is 26.2 Å². The molecule has 3 heteroatoms. The fourth-order valence-electron chi connectivity index (χ4n) is 0.348. The van der Waals surface area contributed by atoms with Gasteiger partial charge in [0.1, 0.15) is 0 Å². The Balaban J connectivity index is -0.0000000417. The van der Waals surface area contributed by atoms with Crippen molar-refractivity contribution in [2.75, 3.05) is 0 Å². The maximum atomic E-state index is 3.60. The maximum absolute atomic E-state index is 3.60. The standard InChI is InChI=1S/C6H12.2ClH.Mg/c1-3-5-6-4-2;;;/h3H,1,4-6H2,2H3;2*1H;/q;;;+2/p-2. The summed E-state index contributed by atoms with van der Waals surface area (Å²) in [5.41, 5.74) is 0. The van der Waals surface area contributed by atoms with Crippen molar-refractivity contribution in [2.24, 2.45) is 0 Å². The van der Waals surface area contributed by atoms with Crippen molar-refractivity contribution in [3.05, 3.63) is 12.7 Å². The third-order valence-electron chi connectivity index (χ3n) is 0.762. The summed E-state index contributed by atoms with van der Waals surface area (Å²) in [4.78, 5) is 0. The summed E-state index contributed by atoms with van der Waals surface area (Å²) in [5.74, 6) is 0. The minimum absolute atomic E-state index is 0. The molecule has 0 aliphatic carbocycles. The Morgan fingerprint density at radius 2 is 1.78 bits per heavy atom. The summed E-state index contributed by atoms with van der Waals surface area (Å²) in [6.45, 7) is 5.78. The van der Waals surface area contributed by atoms with Crippen molar-refractivity contribution in [1.29, 1.82) is 0 Å². The summed E-state index contributed by atoms with van der Waals surface area (Å²) in [7, 11) is 0. The molecule has 0 heterocycles. The predicted octanol–water partition coefficient (Wildman–Crippen LogP) is -4.01. The molecule has 0 radical (unpaired) electrons. The average molecular weight is 179 g/mol. The van der Waals surface area contributed by atoms with Crippen LogP contribution in [0.3, 0.4) is 0 Å². The van der Waals surface area contributed by atoms with Gasteiger partial charge < -0.3 is 24.8 Å². The molecular weight excluding hydrogens is 167 g/mol. The van der Waals surface area contributed by atoms with Gasteiger partial charge in [-0.2, -0.15) is 0 Å². The van der Waals surface area contributed by atoms with Crippen LogP contribution >= 0.6 is 0 Å². The zero-order valence-corrected chi connectivity index (χ0v) is 8.79. The van der Waals surface area contributed by atoms with Gasteiger partial charge in [-0.3, -0.25) is 0 Å². The van der Waals surface area contributed by atoms with E-state index >= 15 is 0 Å². The Hall–Kier alpha value is 1.09. The van der Waals surface area contributed by atoms with Crippen LogP contribution in [0.25, 0.3) is 0 Å². The molecule has 0 spiro atoms. The average Bonchev–Trinajstić information content (AvgIpc) is 1.61. The van der Waals surface area contributed by atoms with Gasteiger partial charge in [0.2, 0.25) is 0 Å². The predicted molar refractivity (Wildman–Crippen MR) is 35.5 cm³/mol. The van der Waals surface area contributed by atoms with Crippen LogP contribution < -0.4 is 24.8 Å². The largest absolute Gasteiger partial charge is 2.00 e. The molecule has 0 aromatic carbocycles. The van der Waals surface area contributed by atoms with Gasteiger partial charge in [-0.15, -0.1) is 6.58 Å². The molecule has 0 aromatic heterocycles. The van der Waals surface area contributed by atoms with E-state index in [4.69, 9.17) is 0 Å². The third kappa shape index (κ3) is 27.3. The van der Waals surface area contributed by atoms with E-state index in [2.05, 4.69) is 13.5 Å². The summed E-state index contributed by atoms with van der Waals surface area (Å²) < 4.78 is 0. The van der Waals surface area contributed by atoms with Crippen LogP contribution in [0.15, 0.2) is 12.7 Å². The third-order valence-corrected chi connectivity index (χ3v) is 0.762. The number of allylic oxidation sites excluding steroid dienone is 1. The molecule has 0 unspecified atom stereocenters. The van der Waals surface area contributed by atoms with Crippen LogP contribution in [0.5, 0.6) is 0 Å². The SMILES string of the molecule is C=CCCCC.[Cl-].[Cl-].[Mg+2]. The van der Waals surface area contributed by atoms with E-state index in [0.717, 1.165) is 0 Å². The fourth-order valence-corrected chi connectivity index (χ4v) is 0.348. The number of hydrogen-bond acceptors (Lipinski definition) is 0. The Morgan fingerprint density at radius 3 is 1.89 bits per heavy atom. The molecule has 0 aliphatic heterocycles. The smallest absolute Gasteiger partial charge is 1.00 e. The van der Waals surface area contributed by atoms with Crippen molar-refractivity contribution in [3.63, 3.8) is 0 Å². The summed E-state index contributed by atoms with van der Waals surface area (Å²) in [6.07, 6.45) is 5.72. The van der Waals surface area contributed by atoms with E-state index in [-0.39, 0.29) is 47.9 Å². The molecule has 0 amide bonds. The van der Waals surface area contributed by atoms with Crippen molar-refractivity contribution in [2.45, 2.75) is 26.2 Å². The topological polar surface area (TPSA) is 0 Å². The molecule has 0 atom stereocenters. The second kappa shape index (κ2) is 23.0. The molecule has 0 nitrogen and oxygen atoms in total. The second-order valence-corrected chi connectivity index (χ2v) is 1.43. The Bertz CT molecular complexity index is 40.0. The molecular formula is C6H12Cl2Mg. The van der Waals surface area contributed by atoms with E-state index in [0.29, 0.717) is 0 Å². The normalized spacial score (nSPS) is 5.44. The van der Waals surface area contributed by atoms with Gasteiger partial charge in [0.25, 0.3) is 0 Å². The molecule has 9 heavy (non-hydrogen) atoms. The van der Waals surface area contributed by atoms with E-state index in [1.807, 2.05) is 6.08 Å². The number of halogens is 2. The number of rotatable bonds is 3. The first kappa shape index (κ1) is 22.5. The van der Waals surface area contributed by atoms with Gasteiger partial charge in [-0.05, 0) is 6.42 Å². The molecule has 0 aliphatic rings. The zero-order chi connectivity index (χ0) is 4.83. The van der Waals surface area contributed by atoms with Gasteiger partial charge >= 0.3 is 23.1 Å².